The van der Waals surface area contributed by atoms with Crippen LogP contribution in [-0.4, -0.2) is 24.0 Å². The average molecular weight is 208 g/mol. The lowest BCUT2D eigenvalue weighted by atomic mass is 9.85. The lowest BCUT2D eigenvalue weighted by Crippen LogP contribution is -2.46. The van der Waals surface area contributed by atoms with Crippen LogP contribution in [0.4, 0.5) is 0 Å². The van der Waals surface area contributed by atoms with E-state index in [0.717, 1.165) is 6.42 Å². The summed E-state index contributed by atoms with van der Waals surface area (Å²) in [6.07, 6.45) is 3.49. The molecule has 0 saturated heterocycles. The molecule has 0 bridgehead atoms. The fourth-order valence-corrected chi connectivity index (χ4v) is 2.48. The van der Waals surface area contributed by atoms with Crippen molar-refractivity contribution in [1.29, 1.82) is 5.26 Å². The third-order valence-corrected chi connectivity index (χ3v) is 4.03. The Morgan fingerprint density at radius 3 is 2.40 bits per heavy atom. The Labute approximate surface area is 94.3 Å². The Hall–Kier alpha value is -0.550. The second-order valence-corrected chi connectivity index (χ2v) is 5.94. The molecule has 3 atom stereocenters. The zero-order valence-electron chi connectivity index (χ0n) is 10.7. The van der Waals surface area contributed by atoms with E-state index < -0.39 is 0 Å². The van der Waals surface area contributed by atoms with Gasteiger partial charge in [0.15, 0.2) is 0 Å². The van der Waals surface area contributed by atoms with Gasteiger partial charge in [-0.25, -0.2) is 0 Å². The second kappa shape index (κ2) is 4.53. The highest BCUT2D eigenvalue weighted by molar-refractivity contribution is 4.98. The standard InChI is InChI=1S/C13H24N2/c1-10(13(2,3)4)15(5)12-8-6-7-11(12)9-14/h10-12H,6-8H2,1-5H3. The fraction of sp³-hybridized carbons (Fsp3) is 0.923. The van der Waals surface area contributed by atoms with Crippen molar-refractivity contribution < 1.29 is 0 Å². The van der Waals surface area contributed by atoms with Crippen LogP contribution in [0.25, 0.3) is 0 Å². The summed E-state index contributed by atoms with van der Waals surface area (Å²) in [6, 6.07) is 3.46. The molecular formula is C13H24N2. The van der Waals surface area contributed by atoms with E-state index in [-0.39, 0.29) is 11.3 Å². The molecule has 1 aliphatic rings. The van der Waals surface area contributed by atoms with Gasteiger partial charge in [-0.15, -0.1) is 0 Å². The monoisotopic (exact) mass is 208 g/mol. The molecule has 0 aromatic rings. The first-order chi connectivity index (χ1) is 6.88. The van der Waals surface area contributed by atoms with Gasteiger partial charge < -0.3 is 0 Å². The maximum absolute atomic E-state index is 9.09. The van der Waals surface area contributed by atoms with Gasteiger partial charge in [-0.2, -0.15) is 5.26 Å². The predicted molar refractivity (Wildman–Crippen MR) is 63.4 cm³/mol. The molecule has 2 nitrogen and oxygen atoms in total. The molecule has 0 N–H and O–H groups in total. The van der Waals surface area contributed by atoms with E-state index in [0.29, 0.717) is 12.1 Å². The summed E-state index contributed by atoms with van der Waals surface area (Å²) in [5, 5.41) is 9.09. The van der Waals surface area contributed by atoms with Gasteiger partial charge in [-0.05, 0) is 32.2 Å². The van der Waals surface area contributed by atoms with Crippen LogP contribution < -0.4 is 0 Å². The van der Waals surface area contributed by atoms with Gasteiger partial charge in [-0.1, -0.05) is 27.2 Å². The first kappa shape index (κ1) is 12.5. The Bertz CT molecular complexity index is 246. The molecular weight excluding hydrogens is 184 g/mol. The van der Waals surface area contributed by atoms with Gasteiger partial charge in [0.1, 0.15) is 0 Å². The Morgan fingerprint density at radius 2 is 1.93 bits per heavy atom. The Kier molecular flexibility index (Phi) is 3.78. The highest BCUT2D eigenvalue weighted by Gasteiger charge is 2.35. The van der Waals surface area contributed by atoms with Gasteiger partial charge in [-0.3, -0.25) is 4.90 Å². The summed E-state index contributed by atoms with van der Waals surface area (Å²) in [5.74, 6) is 0.250. The molecule has 1 fully saturated rings. The van der Waals surface area contributed by atoms with Crippen LogP contribution in [0.1, 0.15) is 47.0 Å². The number of rotatable bonds is 2. The van der Waals surface area contributed by atoms with Crippen molar-refractivity contribution in [1.82, 2.24) is 4.90 Å². The molecule has 3 unspecified atom stereocenters. The number of hydrogen-bond acceptors (Lipinski definition) is 2. The largest absolute Gasteiger partial charge is 0.299 e. The summed E-state index contributed by atoms with van der Waals surface area (Å²) >= 11 is 0. The van der Waals surface area contributed by atoms with Crippen molar-refractivity contribution in [3.63, 3.8) is 0 Å². The molecule has 1 rings (SSSR count). The Morgan fingerprint density at radius 1 is 1.33 bits per heavy atom. The molecule has 0 spiro atoms. The van der Waals surface area contributed by atoms with E-state index in [1.54, 1.807) is 0 Å². The van der Waals surface area contributed by atoms with Crippen LogP contribution in [-0.2, 0) is 0 Å². The zero-order valence-corrected chi connectivity index (χ0v) is 10.7. The number of nitriles is 1. The van der Waals surface area contributed by atoms with Crippen LogP contribution in [0.15, 0.2) is 0 Å². The van der Waals surface area contributed by atoms with Crippen molar-refractivity contribution in [3.8, 4) is 6.07 Å². The molecule has 0 aromatic heterocycles. The minimum atomic E-state index is 0.250. The summed E-state index contributed by atoms with van der Waals surface area (Å²) < 4.78 is 0. The van der Waals surface area contributed by atoms with E-state index in [4.69, 9.17) is 5.26 Å². The molecule has 0 aromatic carbocycles. The van der Waals surface area contributed by atoms with Crippen LogP contribution in [0.2, 0.25) is 0 Å². The molecule has 1 saturated carbocycles. The third kappa shape index (κ3) is 2.72. The molecule has 2 heteroatoms. The van der Waals surface area contributed by atoms with Gasteiger partial charge in [0.05, 0.1) is 12.0 Å². The average Bonchev–Trinajstić information content (AvgIpc) is 2.61. The van der Waals surface area contributed by atoms with E-state index in [1.165, 1.54) is 12.8 Å². The second-order valence-electron chi connectivity index (χ2n) is 5.94. The highest BCUT2D eigenvalue weighted by Crippen LogP contribution is 2.33. The third-order valence-electron chi connectivity index (χ3n) is 4.03. The topological polar surface area (TPSA) is 27.0 Å². The Balaban J connectivity index is 2.68. The number of hydrogen-bond donors (Lipinski definition) is 0. The molecule has 0 amide bonds. The maximum atomic E-state index is 9.09. The van der Waals surface area contributed by atoms with Gasteiger partial charge in [0.25, 0.3) is 0 Å². The minimum Gasteiger partial charge on any atom is -0.299 e. The molecule has 1 aliphatic carbocycles. The van der Waals surface area contributed by atoms with Crippen LogP contribution >= 0.6 is 0 Å². The van der Waals surface area contributed by atoms with Crippen LogP contribution in [0.3, 0.4) is 0 Å². The molecule has 15 heavy (non-hydrogen) atoms. The summed E-state index contributed by atoms with van der Waals surface area (Å²) in [7, 11) is 2.18. The van der Waals surface area contributed by atoms with Crippen molar-refractivity contribution in [3.05, 3.63) is 0 Å². The first-order valence-corrected chi connectivity index (χ1v) is 5.99. The van der Waals surface area contributed by atoms with E-state index in [1.807, 2.05) is 0 Å². The van der Waals surface area contributed by atoms with Crippen molar-refractivity contribution in [2.75, 3.05) is 7.05 Å². The molecule has 0 radical (unpaired) electrons. The normalized spacial score (nSPS) is 29.1. The summed E-state index contributed by atoms with van der Waals surface area (Å²) in [4.78, 5) is 2.42. The lowest BCUT2D eigenvalue weighted by molar-refractivity contribution is 0.0882. The van der Waals surface area contributed by atoms with E-state index >= 15 is 0 Å². The highest BCUT2D eigenvalue weighted by atomic mass is 15.2. The predicted octanol–water partition coefficient (Wildman–Crippen LogP) is 3.05. The smallest absolute Gasteiger partial charge is 0.0672 e. The van der Waals surface area contributed by atoms with Gasteiger partial charge in [0, 0.05) is 12.1 Å². The minimum absolute atomic E-state index is 0.250. The maximum Gasteiger partial charge on any atom is 0.0672 e. The van der Waals surface area contributed by atoms with Crippen molar-refractivity contribution >= 4 is 0 Å². The van der Waals surface area contributed by atoms with Gasteiger partial charge >= 0.3 is 0 Å². The van der Waals surface area contributed by atoms with E-state index in [2.05, 4.69) is 45.7 Å². The van der Waals surface area contributed by atoms with Crippen molar-refractivity contribution in [2.45, 2.75) is 59.0 Å². The van der Waals surface area contributed by atoms with E-state index in [9.17, 15) is 0 Å². The summed E-state index contributed by atoms with van der Waals surface area (Å²) in [5.41, 5.74) is 0.289. The SMILES string of the molecule is CC(N(C)C1CCCC1C#N)C(C)(C)C. The van der Waals surface area contributed by atoms with Crippen LogP contribution in [0, 0.1) is 22.7 Å². The summed E-state index contributed by atoms with van der Waals surface area (Å²) in [6.45, 7) is 9.08. The quantitative estimate of drug-likeness (QED) is 0.697. The first-order valence-electron chi connectivity index (χ1n) is 5.99. The zero-order chi connectivity index (χ0) is 11.6. The molecule has 0 aliphatic heterocycles. The molecule has 0 heterocycles. The van der Waals surface area contributed by atoms with Crippen LogP contribution in [0.5, 0.6) is 0 Å². The fourth-order valence-electron chi connectivity index (χ4n) is 2.48. The molecule has 86 valence electrons. The van der Waals surface area contributed by atoms with Gasteiger partial charge in [0.2, 0.25) is 0 Å². The lowest BCUT2D eigenvalue weighted by Gasteiger charge is -2.39. The van der Waals surface area contributed by atoms with Crippen molar-refractivity contribution in [2.24, 2.45) is 11.3 Å². The number of nitrogens with zero attached hydrogens (tertiary/aromatic N) is 2.